The molecule has 0 fully saturated rings. The number of aryl methyl sites for hydroxylation is 1. The molecule has 6 nitrogen and oxygen atoms in total. The van der Waals surface area contributed by atoms with Crippen molar-refractivity contribution in [3.05, 3.63) is 18.3 Å². The van der Waals surface area contributed by atoms with E-state index >= 15 is 0 Å². The van der Waals surface area contributed by atoms with Crippen LogP contribution in [-0.4, -0.2) is 19.9 Å². The van der Waals surface area contributed by atoms with Crippen LogP contribution in [0.3, 0.4) is 0 Å². The molecule has 6 heteroatoms. The van der Waals surface area contributed by atoms with Gasteiger partial charge in [-0.2, -0.15) is 10.1 Å². The van der Waals surface area contributed by atoms with Crippen LogP contribution in [0.15, 0.2) is 16.9 Å². The number of nitrogens with two attached hydrogens (primary N) is 1. The van der Waals surface area contributed by atoms with E-state index in [1.165, 1.54) is 0 Å². The van der Waals surface area contributed by atoms with Crippen LogP contribution in [0, 0.1) is 12.3 Å². The van der Waals surface area contributed by atoms with E-state index in [4.69, 9.17) is 16.7 Å². The molecule has 16 heavy (non-hydrogen) atoms. The second-order valence-corrected chi connectivity index (χ2v) is 3.37. The SMILES string of the molecule is C#CCC(N)c1nc(-c2cnn(C)c2)no1. The van der Waals surface area contributed by atoms with E-state index in [0.717, 1.165) is 5.56 Å². The summed E-state index contributed by atoms with van der Waals surface area (Å²) in [7, 11) is 1.81. The van der Waals surface area contributed by atoms with Gasteiger partial charge in [-0.15, -0.1) is 12.3 Å². The lowest BCUT2D eigenvalue weighted by atomic mass is 10.2. The highest BCUT2D eigenvalue weighted by Gasteiger charge is 2.15. The average Bonchev–Trinajstić information content (AvgIpc) is 2.85. The molecule has 0 aliphatic heterocycles. The predicted octanol–water partition coefficient (Wildman–Crippen LogP) is 0.493. The molecule has 0 aliphatic carbocycles. The molecule has 0 aliphatic rings. The van der Waals surface area contributed by atoms with Gasteiger partial charge in [-0.25, -0.2) is 0 Å². The van der Waals surface area contributed by atoms with Crippen LogP contribution in [0.25, 0.3) is 11.4 Å². The third-order valence-corrected chi connectivity index (χ3v) is 2.06. The van der Waals surface area contributed by atoms with Gasteiger partial charge in [-0.05, 0) is 0 Å². The lowest BCUT2D eigenvalue weighted by molar-refractivity contribution is 0.357. The Morgan fingerprint density at radius 3 is 3.12 bits per heavy atom. The second kappa shape index (κ2) is 4.16. The molecule has 2 aromatic rings. The summed E-state index contributed by atoms with van der Waals surface area (Å²) in [5.74, 6) is 3.26. The number of hydrogen-bond acceptors (Lipinski definition) is 5. The summed E-state index contributed by atoms with van der Waals surface area (Å²) in [5.41, 5.74) is 6.53. The van der Waals surface area contributed by atoms with Crippen molar-refractivity contribution in [3.63, 3.8) is 0 Å². The van der Waals surface area contributed by atoms with Crippen LogP contribution in [0.5, 0.6) is 0 Å². The van der Waals surface area contributed by atoms with Gasteiger partial charge in [0.1, 0.15) is 0 Å². The lowest BCUT2D eigenvalue weighted by Crippen LogP contribution is -2.09. The maximum Gasteiger partial charge on any atom is 0.244 e. The average molecular weight is 217 g/mol. The highest BCUT2D eigenvalue weighted by atomic mass is 16.5. The van der Waals surface area contributed by atoms with Gasteiger partial charge in [0, 0.05) is 19.7 Å². The fourth-order valence-electron chi connectivity index (χ4n) is 1.25. The lowest BCUT2D eigenvalue weighted by Gasteiger charge is -1.98. The minimum Gasteiger partial charge on any atom is -0.337 e. The van der Waals surface area contributed by atoms with E-state index in [1.54, 1.807) is 17.1 Å². The van der Waals surface area contributed by atoms with Crippen LogP contribution in [0.4, 0.5) is 0 Å². The number of aromatic nitrogens is 4. The summed E-state index contributed by atoms with van der Waals surface area (Å²) in [6.07, 6.45) is 8.97. The summed E-state index contributed by atoms with van der Waals surface area (Å²) < 4.78 is 6.68. The van der Waals surface area contributed by atoms with Crippen molar-refractivity contribution in [1.29, 1.82) is 0 Å². The monoisotopic (exact) mass is 217 g/mol. The summed E-state index contributed by atoms with van der Waals surface area (Å²) in [6, 6.07) is -0.414. The van der Waals surface area contributed by atoms with E-state index in [2.05, 4.69) is 21.2 Å². The summed E-state index contributed by atoms with van der Waals surface area (Å²) >= 11 is 0. The molecule has 2 N–H and O–H groups in total. The first-order chi connectivity index (χ1) is 7.70. The Kier molecular flexibility index (Phi) is 2.70. The fraction of sp³-hybridized carbons (Fsp3) is 0.300. The Hall–Kier alpha value is -2.13. The maximum atomic E-state index is 5.74. The van der Waals surface area contributed by atoms with Crippen LogP contribution < -0.4 is 5.73 Å². The molecule has 0 aromatic carbocycles. The number of hydrogen-bond donors (Lipinski definition) is 1. The molecule has 2 heterocycles. The highest BCUT2D eigenvalue weighted by molar-refractivity contribution is 5.51. The molecule has 0 radical (unpaired) electrons. The van der Waals surface area contributed by atoms with Crippen LogP contribution in [0.2, 0.25) is 0 Å². The number of terminal acetylenes is 1. The van der Waals surface area contributed by atoms with E-state index in [-0.39, 0.29) is 0 Å². The van der Waals surface area contributed by atoms with Crippen LogP contribution >= 0.6 is 0 Å². The topological polar surface area (TPSA) is 82.8 Å². The molecule has 2 aromatic heterocycles. The van der Waals surface area contributed by atoms with Gasteiger partial charge in [0.25, 0.3) is 0 Å². The Morgan fingerprint density at radius 2 is 2.50 bits per heavy atom. The van der Waals surface area contributed by atoms with Crippen LogP contribution in [-0.2, 0) is 7.05 Å². The van der Waals surface area contributed by atoms with Crippen molar-refractivity contribution in [1.82, 2.24) is 19.9 Å². The van der Waals surface area contributed by atoms with Crippen LogP contribution in [0.1, 0.15) is 18.4 Å². The van der Waals surface area contributed by atoms with E-state index in [0.29, 0.717) is 18.1 Å². The Labute approximate surface area is 92.4 Å². The van der Waals surface area contributed by atoms with Crippen molar-refractivity contribution in [2.75, 3.05) is 0 Å². The van der Waals surface area contributed by atoms with E-state index in [9.17, 15) is 0 Å². The molecule has 1 unspecified atom stereocenters. The maximum absolute atomic E-state index is 5.74. The zero-order valence-electron chi connectivity index (χ0n) is 8.79. The number of nitrogens with zero attached hydrogens (tertiary/aromatic N) is 4. The Morgan fingerprint density at radius 1 is 1.69 bits per heavy atom. The molecular formula is C10H11N5O. The summed E-state index contributed by atoms with van der Waals surface area (Å²) in [6.45, 7) is 0. The van der Waals surface area contributed by atoms with Gasteiger partial charge in [-0.1, -0.05) is 5.16 Å². The molecule has 1 atom stereocenters. The normalized spacial score (nSPS) is 12.3. The van der Waals surface area contributed by atoms with Crippen molar-refractivity contribution in [3.8, 4) is 23.7 Å². The minimum atomic E-state index is -0.414. The fourth-order valence-corrected chi connectivity index (χ4v) is 1.25. The summed E-state index contributed by atoms with van der Waals surface area (Å²) in [4.78, 5) is 4.16. The zero-order valence-corrected chi connectivity index (χ0v) is 8.79. The van der Waals surface area contributed by atoms with E-state index in [1.807, 2.05) is 7.05 Å². The highest BCUT2D eigenvalue weighted by Crippen LogP contribution is 2.17. The quantitative estimate of drug-likeness (QED) is 0.756. The van der Waals surface area contributed by atoms with Gasteiger partial charge < -0.3 is 10.3 Å². The van der Waals surface area contributed by atoms with Crippen molar-refractivity contribution in [2.24, 2.45) is 12.8 Å². The van der Waals surface area contributed by atoms with Gasteiger partial charge in [0.15, 0.2) is 0 Å². The third-order valence-electron chi connectivity index (χ3n) is 2.06. The molecular weight excluding hydrogens is 206 g/mol. The molecule has 2 rings (SSSR count). The molecule has 0 bridgehead atoms. The van der Waals surface area contributed by atoms with Gasteiger partial charge in [0.2, 0.25) is 11.7 Å². The third kappa shape index (κ3) is 1.94. The van der Waals surface area contributed by atoms with Gasteiger partial charge >= 0.3 is 0 Å². The van der Waals surface area contributed by atoms with Crippen molar-refractivity contribution < 1.29 is 4.52 Å². The number of rotatable bonds is 3. The minimum absolute atomic E-state index is 0.344. The molecule has 0 saturated heterocycles. The molecule has 0 spiro atoms. The van der Waals surface area contributed by atoms with Gasteiger partial charge in [0.05, 0.1) is 17.8 Å². The summed E-state index contributed by atoms with van der Waals surface area (Å²) in [5, 5.41) is 7.83. The largest absolute Gasteiger partial charge is 0.337 e. The zero-order chi connectivity index (χ0) is 11.5. The molecule has 82 valence electrons. The predicted molar refractivity (Wildman–Crippen MR) is 56.9 cm³/mol. The van der Waals surface area contributed by atoms with Gasteiger partial charge in [-0.3, -0.25) is 4.68 Å². The Bertz CT molecular complexity index is 521. The van der Waals surface area contributed by atoms with Crippen molar-refractivity contribution in [2.45, 2.75) is 12.5 Å². The first kappa shape index (κ1) is 10.4. The molecule has 0 saturated carbocycles. The van der Waals surface area contributed by atoms with Crippen molar-refractivity contribution >= 4 is 0 Å². The Balaban J connectivity index is 2.23. The first-order valence-electron chi connectivity index (χ1n) is 4.72. The smallest absolute Gasteiger partial charge is 0.244 e. The second-order valence-electron chi connectivity index (χ2n) is 3.37. The standard InChI is InChI=1S/C10H11N5O/c1-3-4-8(11)10-13-9(14-16-10)7-5-12-15(2)6-7/h1,5-6,8H,4,11H2,2H3. The first-order valence-corrected chi connectivity index (χ1v) is 4.72. The molecule has 0 amide bonds. The van der Waals surface area contributed by atoms with E-state index < -0.39 is 6.04 Å².